The van der Waals surface area contributed by atoms with E-state index in [1.807, 2.05) is 0 Å². The molecule has 0 bridgehead atoms. The minimum absolute atomic E-state index is 0.277. The molecule has 0 saturated heterocycles. The summed E-state index contributed by atoms with van der Waals surface area (Å²) in [7, 11) is 0. The van der Waals surface area contributed by atoms with E-state index in [1.165, 1.54) is 0 Å². The molecular weight excluding hydrogens is 182 g/mol. The molecule has 2 N–H and O–H groups in total. The van der Waals surface area contributed by atoms with Gasteiger partial charge in [0.1, 0.15) is 5.76 Å². The number of carbonyl (C=O) groups excluding carboxylic acids is 1. The third kappa shape index (κ3) is 1.66. The Labute approximate surface area is 80.2 Å². The number of rotatable bonds is 2. The van der Waals surface area contributed by atoms with Gasteiger partial charge in [0, 0.05) is 12.4 Å². The van der Waals surface area contributed by atoms with Crippen molar-refractivity contribution in [2.75, 3.05) is 5.32 Å². The molecule has 0 radical (unpaired) electrons. The first-order valence-corrected chi connectivity index (χ1v) is 4.13. The van der Waals surface area contributed by atoms with Crippen LogP contribution in [0.2, 0.25) is 0 Å². The number of furan rings is 1. The van der Waals surface area contributed by atoms with Crippen LogP contribution < -0.4 is 5.32 Å². The van der Waals surface area contributed by atoms with Crippen LogP contribution in [0.25, 0.3) is 0 Å². The van der Waals surface area contributed by atoms with E-state index in [1.54, 1.807) is 31.5 Å². The largest absolute Gasteiger partial charge is 0.456 e. The Kier molecular flexibility index (Phi) is 2.06. The molecule has 0 aromatic carbocycles. The molecule has 0 atom stereocenters. The molecule has 14 heavy (non-hydrogen) atoms. The van der Waals surface area contributed by atoms with Crippen molar-refractivity contribution >= 4 is 11.9 Å². The summed E-state index contributed by atoms with van der Waals surface area (Å²) in [5, 5.41) is 2.55. The maximum absolute atomic E-state index is 11.5. The summed E-state index contributed by atoms with van der Waals surface area (Å²) in [6, 6.07) is 3.35. The third-order valence-corrected chi connectivity index (χ3v) is 1.69. The Hall–Kier alpha value is -2.04. The van der Waals surface area contributed by atoms with Gasteiger partial charge in [0.2, 0.25) is 5.95 Å². The van der Waals surface area contributed by atoms with Crippen LogP contribution in [-0.2, 0) is 0 Å². The summed E-state index contributed by atoms with van der Waals surface area (Å²) in [5.41, 5.74) is 0. The third-order valence-electron chi connectivity index (χ3n) is 1.69. The number of hydrogen-bond donors (Lipinski definition) is 2. The van der Waals surface area contributed by atoms with Gasteiger partial charge < -0.3 is 9.40 Å². The number of aromatic nitrogens is 2. The molecule has 0 saturated carbocycles. The highest BCUT2D eigenvalue weighted by Crippen LogP contribution is 2.08. The van der Waals surface area contributed by atoms with E-state index in [4.69, 9.17) is 4.42 Å². The fourth-order valence-electron chi connectivity index (χ4n) is 1.06. The van der Waals surface area contributed by atoms with Crippen LogP contribution in [-0.4, -0.2) is 15.9 Å². The number of anilines is 1. The normalized spacial score (nSPS) is 10.1. The first-order chi connectivity index (χ1) is 6.75. The van der Waals surface area contributed by atoms with Gasteiger partial charge in [-0.1, -0.05) is 0 Å². The molecule has 0 spiro atoms. The van der Waals surface area contributed by atoms with Crippen molar-refractivity contribution in [1.82, 2.24) is 9.97 Å². The monoisotopic (exact) mass is 191 g/mol. The van der Waals surface area contributed by atoms with Crippen LogP contribution in [0.5, 0.6) is 0 Å². The van der Waals surface area contributed by atoms with E-state index in [-0.39, 0.29) is 11.7 Å². The molecule has 0 aliphatic heterocycles. The van der Waals surface area contributed by atoms with Crippen LogP contribution in [0.4, 0.5) is 5.95 Å². The van der Waals surface area contributed by atoms with Crippen LogP contribution in [0.1, 0.15) is 16.3 Å². The Balaban J connectivity index is 2.10. The van der Waals surface area contributed by atoms with E-state index in [9.17, 15) is 4.79 Å². The van der Waals surface area contributed by atoms with Gasteiger partial charge in [-0.15, -0.1) is 0 Å². The van der Waals surface area contributed by atoms with Gasteiger partial charge in [-0.3, -0.25) is 10.1 Å². The summed E-state index contributed by atoms with van der Waals surface area (Å²) in [4.78, 5) is 18.1. The van der Waals surface area contributed by atoms with Gasteiger partial charge >= 0.3 is 0 Å². The second kappa shape index (κ2) is 3.37. The highest BCUT2D eigenvalue weighted by atomic mass is 16.3. The van der Waals surface area contributed by atoms with Crippen molar-refractivity contribution in [2.24, 2.45) is 0 Å². The van der Waals surface area contributed by atoms with Crippen molar-refractivity contribution in [1.29, 1.82) is 0 Å². The van der Waals surface area contributed by atoms with Crippen LogP contribution in [0.15, 0.2) is 28.9 Å². The number of aromatic amines is 1. The topological polar surface area (TPSA) is 70.9 Å². The van der Waals surface area contributed by atoms with Crippen molar-refractivity contribution in [2.45, 2.75) is 6.92 Å². The number of H-pyrrole nitrogens is 1. The Morgan fingerprint density at radius 2 is 2.43 bits per heavy atom. The van der Waals surface area contributed by atoms with E-state index >= 15 is 0 Å². The SMILES string of the molecule is Cc1ccc(C(=O)Nc2ncc[nH]2)o1. The molecule has 5 heteroatoms. The van der Waals surface area contributed by atoms with Crippen LogP contribution in [0.3, 0.4) is 0 Å². The minimum atomic E-state index is -0.312. The molecule has 2 heterocycles. The number of hydrogen-bond acceptors (Lipinski definition) is 3. The predicted molar refractivity (Wildman–Crippen MR) is 50.0 cm³/mol. The predicted octanol–water partition coefficient (Wildman–Crippen LogP) is 1.56. The van der Waals surface area contributed by atoms with Gasteiger partial charge in [-0.2, -0.15) is 0 Å². The highest BCUT2D eigenvalue weighted by Gasteiger charge is 2.10. The Morgan fingerprint density at radius 3 is 3.00 bits per heavy atom. The van der Waals surface area contributed by atoms with Crippen molar-refractivity contribution < 1.29 is 9.21 Å². The van der Waals surface area contributed by atoms with Crippen molar-refractivity contribution in [3.63, 3.8) is 0 Å². The summed E-state index contributed by atoms with van der Waals surface area (Å²) in [6.45, 7) is 1.78. The van der Waals surface area contributed by atoms with Gasteiger partial charge in [0.15, 0.2) is 5.76 Å². The lowest BCUT2D eigenvalue weighted by atomic mass is 10.4. The van der Waals surface area contributed by atoms with Gasteiger partial charge in [-0.05, 0) is 19.1 Å². The van der Waals surface area contributed by atoms with E-state index in [0.717, 1.165) is 0 Å². The average molecular weight is 191 g/mol. The van der Waals surface area contributed by atoms with Crippen LogP contribution >= 0.6 is 0 Å². The maximum atomic E-state index is 11.5. The number of carbonyl (C=O) groups is 1. The summed E-state index contributed by atoms with van der Waals surface area (Å²) in [5.74, 6) is 1.07. The first-order valence-electron chi connectivity index (χ1n) is 4.13. The van der Waals surface area contributed by atoms with E-state index in [0.29, 0.717) is 11.7 Å². The molecule has 72 valence electrons. The number of nitrogens with zero attached hydrogens (tertiary/aromatic N) is 1. The summed E-state index contributed by atoms with van der Waals surface area (Å²) < 4.78 is 5.14. The highest BCUT2D eigenvalue weighted by molar-refractivity contribution is 6.01. The summed E-state index contributed by atoms with van der Waals surface area (Å²) >= 11 is 0. The molecular formula is C9H9N3O2. The van der Waals surface area contributed by atoms with Gasteiger partial charge in [0.05, 0.1) is 0 Å². The van der Waals surface area contributed by atoms with Crippen molar-refractivity contribution in [3.8, 4) is 0 Å². The molecule has 2 rings (SSSR count). The molecule has 2 aromatic rings. The van der Waals surface area contributed by atoms with Gasteiger partial charge in [0.25, 0.3) is 5.91 Å². The lowest BCUT2D eigenvalue weighted by molar-refractivity contribution is 0.0994. The molecule has 1 amide bonds. The lowest BCUT2D eigenvalue weighted by Gasteiger charge is -1.97. The van der Waals surface area contributed by atoms with Crippen LogP contribution in [0, 0.1) is 6.92 Å². The van der Waals surface area contributed by atoms with E-state index < -0.39 is 0 Å². The fourth-order valence-corrected chi connectivity index (χ4v) is 1.06. The van der Waals surface area contributed by atoms with Gasteiger partial charge in [-0.25, -0.2) is 4.98 Å². The maximum Gasteiger partial charge on any atom is 0.293 e. The second-order valence-corrected chi connectivity index (χ2v) is 2.80. The Morgan fingerprint density at radius 1 is 1.57 bits per heavy atom. The molecule has 0 fully saturated rings. The zero-order valence-corrected chi connectivity index (χ0v) is 7.57. The van der Waals surface area contributed by atoms with Crippen molar-refractivity contribution in [3.05, 3.63) is 36.0 Å². The quantitative estimate of drug-likeness (QED) is 0.756. The standard InChI is InChI=1S/C9H9N3O2/c1-6-2-3-7(14-6)8(13)12-9-10-4-5-11-9/h2-5H,1H3,(H2,10,11,12,13). The zero-order valence-electron chi connectivity index (χ0n) is 7.57. The molecule has 0 aliphatic rings. The number of imidazole rings is 1. The van der Waals surface area contributed by atoms with E-state index in [2.05, 4.69) is 15.3 Å². The zero-order chi connectivity index (χ0) is 9.97. The molecule has 0 aliphatic carbocycles. The number of amides is 1. The summed E-state index contributed by atoms with van der Waals surface area (Å²) in [6.07, 6.45) is 3.19. The average Bonchev–Trinajstić information content (AvgIpc) is 2.75. The molecule has 2 aromatic heterocycles. The smallest absolute Gasteiger partial charge is 0.293 e. The first kappa shape index (κ1) is 8.55. The second-order valence-electron chi connectivity index (χ2n) is 2.80. The lowest BCUT2D eigenvalue weighted by Crippen LogP contribution is -2.11. The molecule has 0 unspecified atom stereocenters. The fraction of sp³-hybridized carbons (Fsp3) is 0.111. The number of nitrogens with one attached hydrogen (secondary N) is 2. The Bertz CT molecular complexity index is 431. The molecule has 5 nitrogen and oxygen atoms in total. The number of aryl methyl sites for hydroxylation is 1. The minimum Gasteiger partial charge on any atom is -0.456 e.